The third kappa shape index (κ3) is 6.30. The SMILES string of the molecule is COc1ccc(C(O[Si](C)(C)C)C2C(=O)N(c3ccccc3)C(=O)C2C(C)(C)O[Si](C)(C)C)cc1. The van der Waals surface area contributed by atoms with Gasteiger partial charge in [-0.05, 0) is 83.0 Å². The maximum absolute atomic E-state index is 14.1. The third-order valence-corrected chi connectivity index (χ3v) is 8.03. The van der Waals surface area contributed by atoms with Gasteiger partial charge in [-0.15, -0.1) is 0 Å². The van der Waals surface area contributed by atoms with Gasteiger partial charge in [0.15, 0.2) is 16.6 Å². The normalized spacial score (nSPS) is 20.3. The number of hydrogen-bond acceptors (Lipinski definition) is 5. The number of ether oxygens (including phenoxy) is 1. The first-order valence-corrected chi connectivity index (χ1v) is 18.9. The lowest BCUT2D eigenvalue weighted by Gasteiger charge is -2.41. The second kappa shape index (κ2) is 10.0. The molecule has 0 aliphatic carbocycles. The molecule has 0 N–H and O–H groups in total. The molecule has 190 valence electrons. The van der Waals surface area contributed by atoms with Crippen molar-refractivity contribution in [2.45, 2.75) is 64.8 Å². The number of anilines is 1. The van der Waals surface area contributed by atoms with Gasteiger partial charge in [-0.25, -0.2) is 4.90 Å². The number of carbonyl (C=O) groups is 2. The van der Waals surface area contributed by atoms with Gasteiger partial charge in [0, 0.05) is 0 Å². The second-order valence-electron chi connectivity index (χ2n) is 11.6. The summed E-state index contributed by atoms with van der Waals surface area (Å²) < 4.78 is 18.6. The predicted octanol–water partition coefficient (Wildman–Crippen LogP) is 6.02. The molecule has 3 unspecified atom stereocenters. The summed E-state index contributed by atoms with van der Waals surface area (Å²) in [7, 11) is -2.55. The molecule has 2 aromatic carbocycles. The summed E-state index contributed by atoms with van der Waals surface area (Å²) in [4.78, 5) is 29.5. The van der Waals surface area contributed by atoms with E-state index >= 15 is 0 Å². The summed E-state index contributed by atoms with van der Waals surface area (Å²) in [5.41, 5.74) is 0.558. The van der Waals surface area contributed by atoms with Crippen molar-refractivity contribution in [3.8, 4) is 5.75 Å². The Kier molecular flexibility index (Phi) is 7.81. The van der Waals surface area contributed by atoms with E-state index in [0.717, 1.165) is 11.3 Å². The molecule has 3 atom stereocenters. The average molecular weight is 514 g/mol. The molecule has 1 aliphatic heterocycles. The fourth-order valence-electron chi connectivity index (χ4n) is 4.93. The van der Waals surface area contributed by atoms with Crippen LogP contribution in [0.3, 0.4) is 0 Å². The molecule has 1 fully saturated rings. The van der Waals surface area contributed by atoms with Gasteiger partial charge >= 0.3 is 0 Å². The quantitative estimate of drug-likeness (QED) is 0.303. The van der Waals surface area contributed by atoms with Crippen molar-refractivity contribution in [2.24, 2.45) is 11.8 Å². The van der Waals surface area contributed by atoms with Crippen LogP contribution in [-0.2, 0) is 18.4 Å². The first-order valence-electron chi connectivity index (χ1n) is 12.1. The van der Waals surface area contributed by atoms with E-state index in [4.69, 9.17) is 13.6 Å². The van der Waals surface area contributed by atoms with Crippen LogP contribution < -0.4 is 9.64 Å². The molecule has 1 aliphatic rings. The van der Waals surface area contributed by atoms with E-state index in [0.29, 0.717) is 5.69 Å². The van der Waals surface area contributed by atoms with Gasteiger partial charge in [0.05, 0.1) is 36.3 Å². The lowest BCUT2D eigenvalue weighted by molar-refractivity contribution is -0.132. The Balaban J connectivity index is 2.19. The average Bonchev–Trinajstić information content (AvgIpc) is 3.01. The Labute approximate surface area is 211 Å². The van der Waals surface area contributed by atoms with Crippen LogP contribution in [0.25, 0.3) is 0 Å². The molecule has 1 saturated heterocycles. The van der Waals surface area contributed by atoms with Crippen molar-refractivity contribution >= 4 is 34.1 Å². The summed E-state index contributed by atoms with van der Waals surface area (Å²) in [6, 6.07) is 16.7. The summed E-state index contributed by atoms with van der Waals surface area (Å²) in [5.74, 6) is -1.21. The van der Waals surface area contributed by atoms with Crippen molar-refractivity contribution in [1.82, 2.24) is 0 Å². The van der Waals surface area contributed by atoms with Crippen LogP contribution in [0.2, 0.25) is 39.3 Å². The first kappa shape index (κ1) is 27.3. The molecule has 2 aromatic rings. The minimum atomic E-state index is -2.13. The Morgan fingerprint density at radius 1 is 0.829 bits per heavy atom. The summed E-state index contributed by atoms with van der Waals surface area (Å²) in [6.07, 6.45) is -0.591. The molecule has 0 saturated carbocycles. The third-order valence-electron chi connectivity index (χ3n) is 5.93. The van der Waals surface area contributed by atoms with E-state index in [2.05, 4.69) is 39.3 Å². The molecule has 8 heteroatoms. The van der Waals surface area contributed by atoms with E-state index in [1.54, 1.807) is 19.2 Å². The zero-order valence-electron chi connectivity index (χ0n) is 22.4. The largest absolute Gasteiger partial charge is 0.497 e. The molecular formula is C27H39NO5Si2. The highest BCUT2D eigenvalue weighted by Crippen LogP contribution is 2.47. The number of carbonyl (C=O) groups excluding carboxylic acids is 2. The minimum absolute atomic E-state index is 0.243. The van der Waals surface area contributed by atoms with Crippen LogP contribution in [0.5, 0.6) is 5.75 Å². The van der Waals surface area contributed by atoms with Gasteiger partial charge in [0.1, 0.15) is 5.75 Å². The second-order valence-corrected chi connectivity index (χ2v) is 20.5. The number of amides is 2. The topological polar surface area (TPSA) is 65.1 Å². The minimum Gasteiger partial charge on any atom is -0.497 e. The molecule has 0 aromatic heterocycles. The fraction of sp³-hybridized carbons (Fsp3) is 0.481. The number of methoxy groups -OCH3 is 1. The predicted molar refractivity (Wildman–Crippen MR) is 145 cm³/mol. The molecule has 0 bridgehead atoms. The van der Waals surface area contributed by atoms with E-state index in [-0.39, 0.29) is 11.8 Å². The van der Waals surface area contributed by atoms with Crippen molar-refractivity contribution < 1.29 is 23.2 Å². The van der Waals surface area contributed by atoms with Crippen LogP contribution in [0.15, 0.2) is 54.6 Å². The number of para-hydroxylation sites is 1. The maximum atomic E-state index is 14.1. The number of imide groups is 1. The Morgan fingerprint density at radius 3 is 1.89 bits per heavy atom. The standard InChI is InChI=1S/C27H39NO5Si2/c1-27(2,33-35(7,8)9)23-22(25(29)28(26(23)30)20-13-11-10-12-14-20)24(32-34(4,5)6)19-15-17-21(31-3)18-16-19/h10-18,22-24H,1-9H3. The summed E-state index contributed by atoms with van der Waals surface area (Å²) >= 11 is 0. The maximum Gasteiger partial charge on any atom is 0.240 e. The van der Waals surface area contributed by atoms with Gasteiger partial charge in [0.2, 0.25) is 11.8 Å². The Hall–Kier alpha value is -2.27. The summed E-state index contributed by atoms with van der Waals surface area (Å²) in [5, 5.41) is 0. The number of nitrogens with zero attached hydrogens (tertiary/aromatic N) is 1. The van der Waals surface area contributed by atoms with Crippen molar-refractivity contribution in [2.75, 3.05) is 12.0 Å². The summed E-state index contributed by atoms with van der Waals surface area (Å²) in [6.45, 7) is 16.4. The van der Waals surface area contributed by atoms with Gasteiger partial charge in [0.25, 0.3) is 0 Å². The Morgan fingerprint density at radius 2 is 1.40 bits per heavy atom. The molecule has 35 heavy (non-hydrogen) atoms. The van der Waals surface area contributed by atoms with Crippen LogP contribution >= 0.6 is 0 Å². The molecule has 0 radical (unpaired) electrons. The molecule has 2 amide bonds. The monoisotopic (exact) mass is 513 g/mol. The van der Waals surface area contributed by atoms with Gasteiger partial charge < -0.3 is 13.6 Å². The fourth-order valence-corrected chi connectivity index (χ4v) is 7.68. The molecular weight excluding hydrogens is 474 g/mol. The number of hydrogen-bond donors (Lipinski definition) is 0. The molecule has 0 spiro atoms. The van der Waals surface area contributed by atoms with Gasteiger partial charge in [-0.1, -0.05) is 30.3 Å². The smallest absolute Gasteiger partial charge is 0.240 e. The zero-order chi connectivity index (χ0) is 26.2. The van der Waals surface area contributed by atoms with Crippen LogP contribution in [0.1, 0.15) is 25.5 Å². The van der Waals surface area contributed by atoms with E-state index in [1.165, 1.54) is 4.90 Å². The molecule has 1 heterocycles. The number of benzene rings is 2. The van der Waals surface area contributed by atoms with Crippen molar-refractivity contribution in [3.63, 3.8) is 0 Å². The lowest BCUT2D eigenvalue weighted by atomic mass is 9.77. The zero-order valence-corrected chi connectivity index (χ0v) is 24.4. The van der Waals surface area contributed by atoms with E-state index < -0.39 is 40.2 Å². The van der Waals surface area contributed by atoms with Gasteiger partial charge in [-0.3, -0.25) is 9.59 Å². The Bertz CT molecular complexity index is 1040. The van der Waals surface area contributed by atoms with Crippen molar-refractivity contribution in [1.29, 1.82) is 0 Å². The number of rotatable bonds is 9. The van der Waals surface area contributed by atoms with Crippen LogP contribution in [-0.4, -0.2) is 41.2 Å². The van der Waals surface area contributed by atoms with E-state index in [9.17, 15) is 9.59 Å². The first-order chi connectivity index (χ1) is 16.1. The highest BCUT2D eigenvalue weighted by atomic mass is 28.4. The lowest BCUT2D eigenvalue weighted by Crippen LogP contribution is -2.49. The molecule has 6 nitrogen and oxygen atoms in total. The highest BCUT2D eigenvalue weighted by molar-refractivity contribution is 6.70. The van der Waals surface area contributed by atoms with Gasteiger partial charge in [-0.2, -0.15) is 0 Å². The van der Waals surface area contributed by atoms with Crippen molar-refractivity contribution in [3.05, 3.63) is 60.2 Å². The molecule has 3 rings (SSSR count). The van der Waals surface area contributed by atoms with Crippen LogP contribution in [0, 0.1) is 11.8 Å². The van der Waals surface area contributed by atoms with Crippen LogP contribution in [0.4, 0.5) is 5.69 Å². The highest BCUT2D eigenvalue weighted by Gasteiger charge is 2.59. The van der Waals surface area contributed by atoms with E-state index in [1.807, 2.05) is 56.3 Å².